The van der Waals surface area contributed by atoms with Crippen molar-refractivity contribution in [2.45, 2.75) is 25.7 Å². The monoisotopic (exact) mass is 400 g/mol. The highest BCUT2D eigenvalue weighted by molar-refractivity contribution is 5.91. The van der Waals surface area contributed by atoms with Gasteiger partial charge in [0.05, 0.1) is 0 Å². The van der Waals surface area contributed by atoms with E-state index in [1.807, 2.05) is 0 Å². The van der Waals surface area contributed by atoms with Gasteiger partial charge in [0.1, 0.15) is 11.5 Å². The number of aromatic nitrogens is 3. The number of nitrogens with zero attached hydrogens (tertiary/aromatic N) is 3. The highest BCUT2D eigenvalue weighted by atomic mass is 19.1. The predicted molar refractivity (Wildman–Crippen MR) is 108 cm³/mol. The average Bonchev–Trinajstić information content (AvgIpc) is 2.71. The number of rotatable bonds is 5. The largest absolute Gasteiger partial charge is 0.401 e. The Morgan fingerprint density at radius 3 is 2.76 bits per heavy atom. The molecule has 4 N–H and O–H groups in total. The number of likely N-dealkylation sites (tertiary alicyclic amines) is 1. The van der Waals surface area contributed by atoms with E-state index in [0.29, 0.717) is 29.2 Å². The molecule has 0 unspecified atom stereocenters. The molecule has 1 fully saturated rings. The van der Waals surface area contributed by atoms with Gasteiger partial charge in [0.25, 0.3) is 11.5 Å². The van der Waals surface area contributed by atoms with E-state index in [0.717, 1.165) is 25.9 Å². The number of piperidine rings is 1. The molecule has 0 aromatic carbocycles. The Morgan fingerprint density at radius 1 is 1.41 bits per heavy atom. The summed E-state index contributed by atoms with van der Waals surface area (Å²) in [5.41, 5.74) is 7.68. The fraction of sp³-hybridized carbons (Fsp3) is 0.400. The summed E-state index contributed by atoms with van der Waals surface area (Å²) in [5.74, 6) is -0.509. The Bertz CT molecular complexity index is 979. The fourth-order valence-electron chi connectivity index (χ4n) is 3.43. The van der Waals surface area contributed by atoms with Gasteiger partial charge >= 0.3 is 0 Å². The molecule has 154 valence electrons. The minimum absolute atomic E-state index is 0.0535. The lowest BCUT2D eigenvalue weighted by Crippen LogP contribution is -2.36. The van der Waals surface area contributed by atoms with E-state index >= 15 is 0 Å². The van der Waals surface area contributed by atoms with Crippen LogP contribution in [-0.4, -0.2) is 52.4 Å². The molecule has 8 nitrogen and oxygen atoms in total. The summed E-state index contributed by atoms with van der Waals surface area (Å²) in [6, 6.07) is 3.21. The summed E-state index contributed by atoms with van der Waals surface area (Å²) in [4.78, 5) is 36.0. The lowest BCUT2D eigenvalue weighted by Gasteiger charge is -2.32. The average molecular weight is 400 g/mol. The van der Waals surface area contributed by atoms with Crippen molar-refractivity contribution in [3.8, 4) is 0 Å². The zero-order valence-electron chi connectivity index (χ0n) is 16.5. The second-order valence-electron chi connectivity index (χ2n) is 7.21. The number of halogens is 1. The number of H-pyrrole nitrogens is 1. The van der Waals surface area contributed by atoms with Gasteiger partial charge in [-0.1, -0.05) is 6.07 Å². The normalized spacial score (nSPS) is 16.0. The zero-order chi connectivity index (χ0) is 21.0. The summed E-state index contributed by atoms with van der Waals surface area (Å²) in [5, 5.41) is 2.44. The molecule has 2 aromatic heterocycles. The Hall–Kier alpha value is -3.07. The number of nitrogens with one attached hydrogen (secondary N) is 2. The van der Waals surface area contributed by atoms with Gasteiger partial charge in [-0.05, 0) is 44.8 Å². The quantitative estimate of drug-likeness (QED) is 0.648. The van der Waals surface area contributed by atoms with Crippen LogP contribution in [0.25, 0.3) is 6.08 Å². The maximum Gasteiger partial charge on any atom is 0.269 e. The lowest BCUT2D eigenvalue weighted by molar-refractivity contribution is 0.0957. The summed E-state index contributed by atoms with van der Waals surface area (Å²) < 4.78 is 14.4. The number of aryl methyl sites for hydroxylation is 1. The molecule has 9 heteroatoms. The van der Waals surface area contributed by atoms with Crippen LogP contribution in [0.5, 0.6) is 0 Å². The number of hydrogen-bond acceptors (Lipinski definition) is 6. The van der Waals surface area contributed by atoms with E-state index in [2.05, 4.69) is 25.2 Å². The zero-order valence-corrected chi connectivity index (χ0v) is 16.5. The molecular weight excluding hydrogens is 375 g/mol. The van der Waals surface area contributed by atoms with Crippen LogP contribution in [0.15, 0.2) is 28.8 Å². The Morgan fingerprint density at radius 2 is 2.14 bits per heavy atom. The number of amides is 1. The molecule has 1 saturated heterocycles. The van der Waals surface area contributed by atoms with Crippen LogP contribution in [-0.2, 0) is 0 Å². The second kappa shape index (κ2) is 8.95. The van der Waals surface area contributed by atoms with E-state index < -0.39 is 11.9 Å². The molecule has 1 aliphatic rings. The maximum absolute atomic E-state index is 14.4. The summed E-state index contributed by atoms with van der Waals surface area (Å²) in [6.07, 6.45) is 4.71. The van der Waals surface area contributed by atoms with Gasteiger partial charge in [0.15, 0.2) is 0 Å². The number of hydrogen-bond donors (Lipinski definition) is 3. The standard InChI is InChI=1S/C20H25FN6O2/c1-12-10-24-17(26-19(12)28)9-14(22)11-27-7-5-13(6-8-27)15-3-4-16(20(29)23-2)25-18(15)21/h3-4,9-10,13H,5-8,11,22H2,1-2H3,(H,23,29)(H,24,26,28)/b14-9-. The number of pyridine rings is 1. The van der Waals surface area contributed by atoms with Crippen LogP contribution in [0.4, 0.5) is 4.39 Å². The SMILES string of the molecule is CNC(=O)c1ccc(C2CCN(C/C(N)=C/c3ncc(C)c(=O)[nH]3)CC2)c(F)n1. The van der Waals surface area contributed by atoms with E-state index in [4.69, 9.17) is 5.73 Å². The van der Waals surface area contributed by atoms with Crippen molar-refractivity contribution in [3.05, 3.63) is 63.0 Å². The minimum Gasteiger partial charge on any atom is -0.401 e. The van der Waals surface area contributed by atoms with Gasteiger partial charge in [-0.3, -0.25) is 14.5 Å². The molecule has 0 atom stereocenters. The fourth-order valence-corrected chi connectivity index (χ4v) is 3.43. The summed E-state index contributed by atoms with van der Waals surface area (Å²) >= 11 is 0. The Balaban J connectivity index is 1.59. The van der Waals surface area contributed by atoms with E-state index in [-0.39, 0.29) is 17.2 Å². The predicted octanol–water partition coefficient (Wildman–Crippen LogP) is 1.15. The molecule has 0 saturated carbocycles. The molecule has 3 heterocycles. The molecule has 0 bridgehead atoms. The van der Waals surface area contributed by atoms with Crippen molar-refractivity contribution in [2.75, 3.05) is 26.7 Å². The lowest BCUT2D eigenvalue weighted by atomic mass is 9.90. The van der Waals surface area contributed by atoms with Gasteiger partial charge in [-0.15, -0.1) is 0 Å². The van der Waals surface area contributed by atoms with E-state index in [1.165, 1.54) is 13.2 Å². The van der Waals surface area contributed by atoms with Crippen LogP contribution < -0.4 is 16.6 Å². The Kier molecular flexibility index (Phi) is 6.38. The molecule has 29 heavy (non-hydrogen) atoms. The van der Waals surface area contributed by atoms with Crippen LogP contribution in [0.3, 0.4) is 0 Å². The number of carbonyl (C=O) groups excluding carboxylic acids is 1. The third-order valence-electron chi connectivity index (χ3n) is 5.09. The van der Waals surface area contributed by atoms with Gasteiger partial charge in [-0.25, -0.2) is 9.97 Å². The molecule has 3 rings (SSSR count). The van der Waals surface area contributed by atoms with Crippen LogP contribution in [0.2, 0.25) is 0 Å². The van der Waals surface area contributed by atoms with Crippen molar-refractivity contribution in [1.82, 2.24) is 25.2 Å². The first-order valence-electron chi connectivity index (χ1n) is 9.50. The third kappa shape index (κ3) is 5.05. The van der Waals surface area contributed by atoms with Gasteiger partial charge in [0.2, 0.25) is 5.95 Å². The highest BCUT2D eigenvalue weighted by Gasteiger charge is 2.24. The second-order valence-corrected chi connectivity index (χ2v) is 7.21. The first-order chi connectivity index (χ1) is 13.9. The van der Waals surface area contributed by atoms with Crippen LogP contribution in [0, 0.1) is 12.9 Å². The van der Waals surface area contributed by atoms with Crippen LogP contribution >= 0.6 is 0 Å². The topological polar surface area (TPSA) is 117 Å². The first kappa shape index (κ1) is 20.7. The van der Waals surface area contributed by atoms with Crippen molar-refractivity contribution in [1.29, 1.82) is 0 Å². The molecule has 0 aliphatic carbocycles. The molecular formula is C20H25FN6O2. The number of carbonyl (C=O) groups is 1. The molecule has 1 aliphatic heterocycles. The molecule has 0 spiro atoms. The van der Waals surface area contributed by atoms with Crippen molar-refractivity contribution in [2.24, 2.45) is 5.73 Å². The number of nitrogens with two attached hydrogens (primary N) is 1. The maximum atomic E-state index is 14.4. The summed E-state index contributed by atoms with van der Waals surface area (Å²) in [6.45, 7) is 3.75. The van der Waals surface area contributed by atoms with Crippen LogP contribution in [0.1, 0.15) is 46.2 Å². The van der Waals surface area contributed by atoms with Crippen molar-refractivity contribution >= 4 is 12.0 Å². The smallest absolute Gasteiger partial charge is 0.269 e. The Labute approximate surface area is 168 Å². The summed E-state index contributed by atoms with van der Waals surface area (Å²) in [7, 11) is 1.48. The first-order valence-corrected chi connectivity index (χ1v) is 9.50. The van der Waals surface area contributed by atoms with E-state index in [9.17, 15) is 14.0 Å². The van der Waals surface area contributed by atoms with Gasteiger partial charge < -0.3 is 16.0 Å². The highest BCUT2D eigenvalue weighted by Crippen LogP contribution is 2.29. The minimum atomic E-state index is -0.585. The third-order valence-corrected chi connectivity index (χ3v) is 5.09. The van der Waals surface area contributed by atoms with Crippen molar-refractivity contribution < 1.29 is 9.18 Å². The molecule has 2 aromatic rings. The van der Waals surface area contributed by atoms with E-state index in [1.54, 1.807) is 25.1 Å². The van der Waals surface area contributed by atoms with Gasteiger partial charge in [-0.2, -0.15) is 4.39 Å². The van der Waals surface area contributed by atoms with Gasteiger partial charge in [0, 0.05) is 42.7 Å². The van der Waals surface area contributed by atoms with Crippen molar-refractivity contribution in [3.63, 3.8) is 0 Å². The number of aromatic amines is 1. The molecule has 0 radical (unpaired) electrons. The molecule has 1 amide bonds.